The zero-order valence-corrected chi connectivity index (χ0v) is 20.4. The van der Waals surface area contributed by atoms with E-state index in [1.807, 2.05) is 0 Å². The summed E-state index contributed by atoms with van der Waals surface area (Å²) in [6.45, 7) is 9.67. The van der Waals surface area contributed by atoms with Crippen molar-refractivity contribution in [3.63, 3.8) is 0 Å². The fraction of sp³-hybridized carbons (Fsp3) is 0.407. The van der Waals surface area contributed by atoms with Crippen LogP contribution in [0, 0.1) is 10.8 Å². The van der Waals surface area contributed by atoms with Gasteiger partial charge in [-0.3, -0.25) is 0 Å². The lowest BCUT2D eigenvalue weighted by Crippen LogP contribution is -2.25. The summed E-state index contributed by atoms with van der Waals surface area (Å²) in [6, 6.07) is 15.6. The van der Waals surface area contributed by atoms with Gasteiger partial charge in [0.25, 0.3) is 0 Å². The van der Waals surface area contributed by atoms with Gasteiger partial charge in [-0.25, -0.2) is 0 Å². The van der Waals surface area contributed by atoms with Crippen molar-refractivity contribution < 1.29 is 5.11 Å². The Morgan fingerprint density at radius 3 is 1.93 bits per heavy atom. The van der Waals surface area contributed by atoms with Crippen LogP contribution in [0.5, 0.6) is 5.75 Å². The fourth-order valence-electron chi connectivity index (χ4n) is 6.09. The first-order valence-electron chi connectivity index (χ1n) is 10.7. The van der Waals surface area contributed by atoms with Gasteiger partial charge in [-0.05, 0) is 82.0 Å². The van der Waals surface area contributed by atoms with Gasteiger partial charge < -0.3 is 5.11 Å². The summed E-state index contributed by atoms with van der Waals surface area (Å²) in [5.41, 5.74) is 5.90. The number of hydrogen-bond acceptors (Lipinski definition) is 3. The highest BCUT2D eigenvalue weighted by molar-refractivity contribution is 8.01. The third kappa shape index (κ3) is 2.51. The molecule has 0 aromatic heterocycles. The van der Waals surface area contributed by atoms with Crippen LogP contribution < -0.4 is 0 Å². The zero-order valence-electron chi connectivity index (χ0n) is 18.7. The van der Waals surface area contributed by atoms with E-state index in [1.54, 1.807) is 23.5 Å². The summed E-state index contributed by atoms with van der Waals surface area (Å²) in [6.07, 6.45) is 6.47. The second-order valence-electron chi connectivity index (χ2n) is 10.3. The molecule has 3 heteroatoms. The molecule has 1 spiro atoms. The Morgan fingerprint density at radius 1 is 0.767 bits per heavy atom. The van der Waals surface area contributed by atoms with Crippen molar-refractivity contribution in [1.29, 1.82) is 0 Å². The maximum absolute atomic E-state index is 11.2. The van der Waals surface area contributed by atoms with E-state index < -0.39 is 0 Å². The second kappa shape index (κ2) is 6.46. The highest BCUT2D eigenvalue weighted by Crippen LogP contribution is 2.68. The summed E-state index contributed by atoms with van der Waals surface area (Å²) >= 11 is 3.54. The minimum Gasteiger partial charge on any atom is -0.507 e. The van der Waals surface area contributed by atoms with Crippen LogP contribution >= 0.6 is 23.5 Å². The van der Waals surface area contributed by atoms with Crippen molar-refractivity contribution in [2.45, 2.75) is 55.7 Å². The van der Waals surface area contributed by atoms with E-state index in [2.05, 4.69) is 82.7 Å². The first-order chi connectivity index (χ1) is 14.1. The number of rotatable bonds is 2. The van der Waals surface area contributed by atoms with Gasteiger partial charge >= 0.3 is 0 Å². The molecule has 2 aliphatic carbocycles. The Hall–Kier alpha value is -1.58. The summed E-state index contributed by atoms with van der Waals surface area (Å²) in [4.78, 5) is 2.52. The van der Waals surface area contributed by atoms with Crippen LogP contribution in [-0.4, -0.2) is 17.6 Å². The third-order valence-electron chi connectivity index (χ3n) is 8.17. The van der Waals surface area contributed by atoms with E-state index in [4.69, 9.17) is 0 Å². The maximum atomic E-state index is 11.2. The minimum atomic E-state index is -0.0255. The quantitative estimate of drug-likeness (QED) is 0.411. The molecule has 1 N–H and O–H groups in total. The number of phenolic OH excluding ortho intramolecular Hbond substituents is 1. The van der Waals surface area contributed by atoms with Crippen molar-refractivity contribution in [2.75, 3.05) is 12.5 Å². The lowest BCUT2D eigenvalue weighted by molar-refractivity contribution is 0.157. The van der Waals surface area contributed by atoms with Crippen LogP contribution in [0.15, 0.2) is 52.3 Å². The summed E-state index contributed by atoms with van der Waals surface area (Å²) in [5.74, 6) is 0.418. The molecule has 1 fully saturated rings. The number of hydrogen-bond donors (Lipinski definition) is 1. The molecular weight excluding hydrogens is 404 g/mol. The molecule has 0 atom stereocenters. The van der Waals surface area contributed by atoms with Gasteiger partial charge in [0.05, 0.1) is 0 Å². The average Bonchev–Trinajstić information content (AvgIpc) is 3.07. The Kier molecular flexibility index (Phi) is 4.38. The summed E-state index contributed by atoms with van der Waals surface area (Å²) < 4.78 is 0. The first kappa shape index (κ1) is 20.3. The van der Waals surface area contributed by atoms with E-state index in [9.17, 15) is 5.11 Å². The lowest BCUT2D eigenvalue weighted by atomic mass is 9.71. The van der Waals surface area contributed by atoms with Crippen LogP contribution in [0.2, 0.25) is 0 Å². The highest BCUT2D eigenvalue weighted by Gasteiger charge is 2.58. The Morgan fingerprint density at radius 2 is 1.33 bits per heavy atom. The van der Waals surface area contributed by atoms with Crippen molar-refractivity contribution in [2.24, 2.45) is 10.8 Å². The largest absolute Gasteiger partial charge is 0.507 e. The van der Waals surface area contributed by atoms with Crippen LogP contribution in [0.25, 0.3) is 21.9 Å². The molecule has 0 aliphatic heterocycles. The number of thioether (sulfide) groups is 2. The number of benzene rings is 3. The molecule has 0 unspecified atom stereocenters. The molecule has 0 heterocycles. The molecule has 30 heavy (non-hydrogen) atoms. The second-order valence-corrected chi connectivity index (χ2v) is 12.0. The molecule has 0 bridgehead atoms. The van der Waals surface area contributed by atoms with Crippen LogP contribution in [0.3, 0.4) is 0 Å². The molecule has 2 aliphatic rings. The molecule has 0 saturated heterocycles. The maximum Gasteiger partial charge on any atom is 0.123 e. The SMILES string of the molecule is CSc1cc2c(O)cc3c(c2cc1SC)-c1ccccc1C31CC(C)(C)C(C)(C)C1. The third-order valence-corrected chi connectivity index (χ3v) is 9.85. The van der Waals surface area contributed by atoms with Gasteiger partial charge in [-0.1, -0.05) is 52.0 Å². The molecule has 3 aromatic carbocycles. The minimum absolute atomic E-state index is 0.0255. The van der Waals surface area contributed by atoms with E-state index in [0.29, 0.717) is 5.75 Å². The van der Waals surface area contributed by atoms with Gasteiger partial charge in [0.15, 0.2) is 0 Å². The van der Waals surface area contributed by atoms with E-state index in [1.165, 1.54) is 37.4 Å². The number of aromatic hydroxyl groups is 1. The molecule has 1 nitrogen and oxygen atoms in total. The van der Waals surface area contributed by atoms with Crippen LogP contribution in [0.4, 0.5) is 0 Å². The number of phenols is 1. The highest BCUT2D eigenvalue weighted by atomic mass is 32.2. The average molecular weight is 435 g/mol. The lowest BCUT2D eigenvalue weighted by Gasteiger charge is -2.34. The van der Waals surface area contributed by atoms with Crippen LogP contribution in [0.1, 0.15) is 51.7 Å². The van der Waals surface area contributed by atoms with Gasteiger partial charge in [-0.15, -0.1) is 23.5 Å². The van der Waals surface area contributed by atoms with Gasteiger partial charge in [0.1, 0.15) is 5.75 Å². The van der Waals surface area contributed by atoms with Crippen molar-refractivity contribution in [3.05, 3.63) is 53.6 Å². The molecule has 0 radical (unpaired) electrons. The smallest absolute Gasteiger partial charge is 0.123 e. The molecule has 156 valence electrons. The zero-order chi connectivity index (χ0) is 21.5. The predicted octanol–water partition coefficient (Wildman–Crippen LogP) is 8.10. The standard InChI is InChI=1S/C27H30OS2/c1-25(2)14-27(15-26(25,3)4)19-10-8-7-9-16(19)24-18-12-23(30-6)22(29-5)11-17(18)21(28)13-20(24)27/h7-13,28H,14-15H2,1-6H3. The first-order valence-corrected chi connectivity index (χ1v) is 13.1. The van der Waals surface area contributed by atoms with E-state index >= 15 is 0 Å². The summed E-state index contributed by atoms with van der Waals surface area (Å²) in [7, 11) is 0. The van der Waals surface area contributed by atoms with E-state index in [-0.39, 0.29) is 16.2 Å². The summed E-state index contributed by atoms with van der Waals surface area (Å²) in [5, 5.41) is 13.4. The molecule has 1 saturated carbocycles. The molecular formula is C27H30OS2. The van der Waals surface area contributed by atoms with E-state index in [0.717, 1.165) is 18.2 Å². The normalized spacial score (nSPS) is 19.9. The van der Waals surface area contributed by atoms with Crippen LogP contribution in [-0.2, 0) is 5.41 Å². The molecule has 3 aromatic rings. The Bertz CT molecular complexity index is 1170. The van der Waals surface area contributed by atoms with Gasteiger partial charge in [-0.2, -0.15) is 0 Å². The topological polar surface area (TPSA) is 20.2 Å². The number of fused-ring (bicyclic) bond motifs is 7. The van der Waals surface area contributed by atoms with Crippen molar-refractivity contribution in [1.82, 2.24) is 0 Å². The Balaban J connectivity index is 1.91. The molecule has 5 rings (SSSR count). The predicted molar refractivity (Wildman–Crippen MR) is 132 cm³/mol. The van der Waals surface area contributed by atoms with Gasteiger partial charge in [0, 0.05) is 20.6 Å². The fourth-order valence-corrected chi connectivity index (χ4v) is 7.58. The molecule has 0 amide bonds. The van der Waals surface area contributed by atoms with Crippen molar-refractivity contribution >= 4 is 34.3 Å². The van der Waals surface area contributed by atoms with Crippen molar-refractivity contribution in [3.8, 4) is 16.9 Å². The Labute approximate surface area is 188 Å². The monoisotopic (exact) mass is 434 g/mol. The van der Waals surface area contributed by atoms with Gasteiger partial charge in [0.2, 0.25) is 0 Å².